The van der Waals surface area contributed by atoms with Crippen LogP contribution in [0.3, 0.4) is 0 Å². The predicted molar refractivity (Wildman–Crippen MR) is 254 cm³/mol. The monoisotopic (exact) mass is 835 g/mol. The summed E-state index contributed by atoms with van der Waals surface area (Å²) < 4.78 is 26.5. The Morgan fingerprint density at radius 1 is 0.898 bits per heavy atom. The van der Waals surface area contributed by atoms with Gasteiger partial charge in [-0.15, -0.1) is 0 Å². The molecule has 3 aromatic carbocycles. The summed E-state index contributed by atoms with van der Waals surface area (Å²) >= 11 is 0. The van der Waals surface area contributed by atoms with E-state index in [0.29, 0.717) is 18.6 Å². The molecule has 3 aromatic rings. The van der Waals surface area contributed by atoms with E-state index in [4.69, 9.17) is 18.6 Å². The van der Waals surface area contributed by atoms with E-state index in [0.717, 1.165) is 48.4 Å². The van der Waals surface area contributed by atoms with E-state index in [9.17, 15) is 4.79 Å². The van der Waals surface area contributed by atoms with E-state index in [1.54, 1.807) is 0 Å². The number of unbranched alkanes of at least 4 members (excludes halogenated alkanes) is 3. The SMILES string of the molecule is CCCCCC#Cc1ccc(C)c(C(=O)OCC[Si](C)(C)C)c1/C=C/C[C@@H]1OC(C)(C)O[C@@H]1C(C)/C=C\[C@@H](C)[C@H](C)O[Si](c1ccccc1)(c1ccccc1)C(C)(C)C. The topological polar surface area (TPSA) is 54.0 Å². The fraction of sp³-hybridized carbons (Fsp3) is 0.519. The Morgan fingerprint density at radius 3 is 2.10 bits per heavy atom. The van der Waals surface area contributed by atoms with E-state index in [2.05, 4.69) is 165 Å². The summed E-state index contributed by atoms with van der Waals surface area (Å²) in [5.74, 6) is 5.99. The largest absolute Gasteiger partial charge is 0.462 e. The maximum absolute atomic E-state index is 13.7. The quantitative estimate of drug-likeness (QED) is 0.0420. The first-order valence-corrected chi connectivity index (χ1v) is 27.7. The third kappa shape index (κ3) is 13.2. The van der Waals surface area contributed by atoms with Crippen molar-refractivity contribution in [3.63, 3.8) is 0 Å². The van der Waals surface area contributed by atoms with Crippen molar-refractivity contribution < 1.29 is 23.4 Å². The van der Waals surface area contributed by atoms with Gasteiger partial charge in [0.1, 0.15) is 0 Å². The molecule has 5 nitrogen and oxygen atoms in total. The summed E-state index contributed by atoms with van der Waals surface area (Å²) in [4.78, 5) is 13.7. The van der Waals surface area contributed by atoms with Crippen molar-refractivity contribution in [1.82, 2.24) is 0 Å². The second kappa shape index (κ2) is 21.3. The minimum Gasteiger partial charge on any atom is -0.462 e. The molecule has 59 heavy (non-hydrogen) atoms. The van der Waals surface area contributed by atoms with Crippen molar-refractivity contribution in [1.29, 1.82) is 0 Å². The fourth-order valence-electron chi connectivity index (χ4n) is 7.93. The lowest BCUT2D eigenvalue weighted by Gasteiger charge is -2.45. The predicted octanol–water partition coefficient (Wildman–Crippen LogP) is 12.1. The average Bonchev–Trinajstić information content (AvgIpc) is 3.49. The number of benzene rings is 3. The lowest BCUT2D eigenvalue weighted by atomic mass is 9.93. The van der Waals surface area contributed by atoms with Crippen LogP contribution in [0, 0.1) is 30.6 Å². The average molecular weight is 835 g/mol. The highest BCUT2D eigenvalue weighted by molar-refractivity contribution is 6.99. The van der Waals surface area contributed by atoms with Gasteiger partial charge in [-0.05, 0) is 79.5 Å². The van der Waals surface area contributed by atoms with Crippen LogP contribution in [0.25, 0.3) is 6.08 Å². The van der Waals surface area contributed by atoms with E-state index < -0.39 is 22.2 Å². The molecule has 0 amide bonds. The van der Waals surface area contributed by atoms with Gasteiger partial charge in [-0.1, -0.05) is 177 Å². The second-order valence-corrected chi connectivity index (χ2v) is 29.2. The molecule has 0 spiro atoms. The van der Waals surface area contributed by atoms with Crippen LogP contribution in [0.4, 0.5) is 0 Å². The van der Waals surface area contributed by atoms with Gasteiger partial charge in [0.25, 0.3) is 8.32 Å². The standard InChI is InChI=1S/C52H74O5Si2/c1-14-15-16-17-20-26-43-36-35-40(3)48(50(53)54-37-38-58(11,12)13)46(43)31-25-32-47-49(56-52(9,10)55-47)41(4)34-33-39(2)42(5)57-59(51(6,7)8,44-27-21-18-22-28-44)45-29-23-19-24-30-45/h18-19,21-25,27-31,33-36,39,41-42,47,49H,14-17,32,37-38H2,1-13H3/b31-25+,34-33-/t39-,41?,42+,47+,49-/m1/s1. The van der Waals surface area contributed by atoms with E-state index in [1.165, 1.54) is 10.4 Å². The Balaban J connectivity index is 1.57. The maximum atomic E-state index is 13.7. The lowest BCUT2D eigenvalue weighted by molar-refractivity contribution is -0.148. The molecule has 1 unspecified atom stereocenters. The Kier molecular flexibility index (Phi) is 17.4. The number of rotatable bonds is 18. The van der Waals surface area contributed by atoms with Crippen LogP contribution >= 0.6 is 0 Å². The molecule has 0 N–H and O–H groups in total. The van der Waals surface area contributed by atoms with Crippen molar-refractivity contribution in [2.45, 2.75) is 156 Å². The Bertz CT molecular complexity index is 1870. The molecular formula is C52H74O5Si2. The van der Waals surface area contributed by atoms with Gasteiger partial charge in [0, 0.05) is 37.6 Å². The number of hydrogen-bond donors (Lipinski definition) is 0. The van der Waals surface area contributed by atoms with Crippen molar-refractivity contribution in [2.75, 3.05) is 6.61 Å². The Hall–Kier alpha value is -3.52. The molecule has 0 saturated carbocycles. The van der Waals surface area contributed by atoms with Gasteiger partial charge in [0.15, 0.2) is 5.79 Å². The highest BCUT2D eigenvalue weighted by atomic mass is 28.4. The molecule has 1 fully saturated rings. The number of carbonyl (C=O) groups is 1. The molecular weight excluding hydrogens is 761 g/mol. The van der Waals surface area contributed by atoms with E-state index in [-0.39, 0.29) is 41.2 Å². The van der Waals surface area contributed by atoms with Crippen LogP contribution in [0.1, 0.15) is 121 Å². The van der Waals surface area contributed by atoms with Crippen LogP contribution in [0.15, 0.2) is 91.0 Å². The van der Waals surface area contributed by atoms with Crippen LogP contribution in [-0.4, -0.2) is 53.1 Å². The molecule has 0 radical (unpaired) electrons. The normalized spacial score (nSPS) is 18.7. The van der Waals surface area contributed by atoms with Crippen LogP contribution in [0.5, 0.6) is 0 Å². The van der Waals surface area contributed by atoms with Crippen molar-refractivity contribution in [2.24, 2.45) is 11.8 Å². The second-order valence-electron chi connectivity index (χ2n) is 19.3. The number of esters is 1. The number of carbonyl (C=O) groups excluding carboxylic acids is 1. The van der Waals surface area contributed by atoms with E-state index >= 15 is 0 Å². The summed E-state index contributed by atoms with van der Waals surface area (Å²) in [6, 6.07) is 26.6. The molecule has 1 heterocycles. The zero-order chi connectivity index (χ0) is 43.4. The first kappa shape index (κ1) is 48.2. The van der Waals surface area contributed by atoms with Crippen LogP contribution < -0.4 is 10.4 Å². The fourth-order valence-corrected chi connectivity index (χ4v) is 13.4. The Labute approximate surface area is 360 Å². The first-order chi connectivity index (χ1) is 27.8. The van der Waals surface area contributed by atoms with Gasteiger partial charge in [-0.3, -0.25) is 0 Å². The molecule has 1 aliphatic rings. The number of ether oxygens (including phenoxy) is 3. The van der Waals surface area contributed by atoms with E-state index in [1.807, 2.05) is 32.9 Å². The zero-order valence-electron chi connectivity index (χ0n) is 38.6. The van der Waals surface area contributed by atoms with Gasteiger partial charge in [0.05, 0.1) is 24.4 Å². The van der Waals surface area contributed by atoms with Gasteiger partial charge < -0.3 is 18.6 Å². The summed E-state index contributed by atoms with van der Waals surface area (Å²) in [7, 11) is -4.06. The smallest absolute Gasteiger partial charge is 0.339 e. The minimum absolute atomic E-state index is 0.0321. The Morgan fingerprint density at radius 2 is 1.53 bits per heavy atom. The zero-order valence-corrected chi connectivity index (χ0v) is 40.6. The molecule has 0 bridgehead atoms. The third-order valence-electron chi connectivity index (χ3n) is 11.5. The molecule has 4 rings (SSSR count). The van der Waals surface area contributed by atoms with Crippen molar-refractivity contribution >= 4 is 38.8 Å². The molecule has 1 aliphatic heterocycles. The van der Waals surface area contributed by atoms with Crippen LogP contribution in [0.2, 0.25) is 30.7 Å². The third-order valence-corrected chi connectivity index (χ3v) is 18.3. The summed E-state index contributed by atoms with van der Waals surface area (Å²) in [5, 5.41) is 2.47. The number of aryl methyl sites for hydroxylation is 1. The minimum atomic E-state index is -2.70. The maximum Gasteiger partial charge on any atom is 0.339 e. The molecule has 1 saturated heterocycles. The van der Waals surface area contributed by atoms with Crippen molar-refractivity contribution in [3.05, 3.63) is 113 Å². The van der Waals surface area contributed by atoms with Crippen LogP contribution in [-0.2, 0) is 18.6 Å². The highest BCUT2D eigenvalue weighted by Crippen LogP contribution is 2.39. The summed E-state index contributed by atoms with van der Waals surface area (Å²) in [6.07, 6.45) is 13.2. The molecule has 0 aliphatic carbocycles. The summed E-state index contributed by atoms with van der Waals surface area (Å²) in [6.45, 7) is 29.1. The summed E-state index contributed by atoms with van der Waals surface area (Å²) in [5.41, 5.74) is 3.15. The lowest BCUT2D eigenvalue weighted by Crippen LogP contribution is -2.67. The molecule has 5 atom stereocenters. The van der Waals surface area contributed by atoms with Gasteiger partial charge in [0.2, 0.25) is 0 Å². The highest BCUT2D eigenvalue weighted by Gasteiger charge is 2.51. The molecule has 7 heteroatoms. The molecule has 0 aromatic heterocycles. The van der Waals surface area contributed by atoms with Gasteiger partial charge in [-0.2, -0.15) is 0 Å². The van der Waals surface area contributed by atoms with Crippen molar-refractivity contribution in [3.8, 4) is 11.8 Å². The van der Waals surface area contributed by atoms with Gasteiger partial charge in [-0.25, -0.2) is 4.79 Å². The first-order valence-electron chi connectivity index (χ1n) is 22.1. The molecule has 320 valence electrons. The number of hydrogen-bond acceptors (Lipinski definition) is 5. The van der Waals surface area contributed by atoms with Gasteiger partial charge >= 0.3 is 5.97 Å².